The van der Waals surface area contributed by atoms with Gasteiger partial charge in [0, 0.05) is 12.1 Å². The Bertz CT molecular complexity index is 1060. The lowest BCUT2D eigenvalue weighted by Crippen LogP contribution is -2.53. The van der Waals surface area contributed by atoms with E-state index in [1.807, 2.05) is 0 Å². The lowest BCUT2D eigenvalue weighted by atomic mass is 10.1. The van der Waals surface area contributed by atoms with Crippen LogP contribution < -0.4 is 5.32 Å². The summed E-state index contributed by atoms with van der Waals surface area (Å²) in [5.74, 6) is -2.76. The van der Waals surface area contributed by atoms with Gasteiger partial charge in [-0.3, -0.25) is 19.8 Å². The zero-order valence-corrected chi connectivity index (χ0v) is 15.4. The number of alkyl halides is 3. The molecule has 1 aliphatic rings. The fraction of sp³-hybridized carbons (Fsp3) is 0.105. The number of nitrogens with one attached hydrogen (secondary N) is 1. The van der Waals surface area contributed by atoms with Crippen LogP contribution in [-0.4, -0.2) is 28.4 Å². The Labute approximate surface area is 167 Å². The van der Waals surface area contributed by atoms with Gasteiger partial charge in [-0.15, -0.1) is 6.58 Å². The van der Waals surface area contributed by atoms with Crippen LogP contribution in [0.25, 0.3) is 17.4 Å². The van der Waals surface area contributed by atoms with Crippen molar-refractivity contribution in [3.63, 3.8) is 0 Å². The van der Waals surface area contributed by atoms with Gasteiger partial charge < -0.3 is 4.42 Å². The Hall–Kier alpha value is -3.27. The number of furan rings is 1. The molecule has 0 unspecified atom stereocenters. The summed E-state index contributed by atoms with van der Waals surface area (Å²) in [5.41, 5.74) is -1.71. The number of hydrogen-bond donors (Lipinski definition) is 1. The first-order valence-corrected chi connectivity index (χ1v) is 8.49. The minimum atomic E-state index is -4.86. The predicted octanol–water partition coefficient (Wildman–Crippen LogP) is 3.92. The highest BCUT2D eigenvalue weighted by Gasteiger charge is 2.35. The van der Waals surface area contributed by atoms with E-state index in [4.69, 9.17) is 16.6 Å². The summed E-state index contributed by atoms with van der Waals surface area (Å²) in [6, 6.07) is 5.14. The molecular formula is C19H12F4N2O3S. The smallest absolute Gasteiger partial charge is 0.419 e. The zero-order chi connectivity index (χ0) is 21.3. The molecular weight excluding hydrogens is 412 g/mol. The Morgan fingerprint density at radius 1 is 1.21 bits per heavy atom. The Morgan fingerprint density at radius 3 is 2.59 bits per heavy atom. The van der Waals surface area contributed by atoms with Crippen LogP contribution in [-0.2, 0) is 15.8 Å². The largest absolute Gasteiger partial charge is 0.457 e. The first-order chi connectivity index (χ1) is 13.6. The molecule has 3 rings (SSSR count). The molecule has 0 bridgehead atoms. The van der Waals surface area contributed by atoms with Crippen molar-refractivity contribution in [1.29, 1.82) is 0 Å². The molecule has 1 aromatic carbocycles. The number of rotatable bonds is 4. The number of carbonyl (C=O) groups is 2. The third kappa shape index (κ3) is 4.11. The van der Waals surface area contributed by atoms with Gasteiger partial charge in [0.05, 0.1) is 5.56 Å². The monoisotopic (exact) mass is 424 g/mol. The molecule has 5 nitrogen and oxygen atoms in total. The van der Waals surface area contributed by atoms with Gasteiger partial charge in [0.15, 0.2) is 5.11 Å². The van der Waals surface area contributed by atoms with Crippen molar-refractivity contribution in [2.75, 3.05) is 6.54 Å². The third-order valence-electron chi connectivity index (χ3n) is 3.97. The summed E-state index contributed by atoms with van der Waals surface area (Å²) in [7, 11) is 0. The molecule has 10 heteroatoms. The van der Waals surface area contributed by atoms with Crippen molar-refractivity contribution < 1.29 is 31.6 Å². The quantitative estimate of drug-likeness (QED) is 0.266. The molecule has 0 radical (unpaired) electrons. The summed E-state index contributed by atoms with van der Waals surface area (Å²) < 4.78 is 57.6. The van der Waals surface area contributed by atoms with Crippen LogP contribution >= 0.6 is 12.2 Å². The number of halogens is 4. The van der Waals surface area contributed by atoms with Crippen LogP contribution in [0.4, 0.5) is 17.6 Å². The van der Waals surface area contributed by atoms with E-state index in [1.165, 1.54) is 18.2 Å². The SMILES string of the molecule is C=CCN1C(=O)C(=Cc2ccc(-c3ccc(F)c(C(F)(F)F)c3)o2)C(=O)NC1=S. The Balaban J connectivity index is 1.94. The molecule has 1 aromatic heterocycles. The number of hydrogen-bond acceptors (Lipinski definition) is 4. The summed E-state index contributed by atoms with van der Waals surface area (Å²) in [5, 5.41) is 2.29. The number of carbonyl (C=O) groups excluding carboxylic acids is 2. The van der Waals surface area contributed by atoms with Crippen LogP contribution in [0, 0.1) is 5.82 Å². The van der Waals surface area contributed by atoms with E-state index in [-0.39, 0.29) is 34.3 Å². The third-order valence-corrected chi connectivity index (χ3v) is 4.29. The van der Waals surface area contributed by atoms with Crippen molar-refractivity contribution in [3.8, 4) is 11.3 Å². The summed E-state index contributed by atoms with van der Waals surface area (Å²) in [6.45, 7) is 3.59. The van der Waals surface area contributed by atoms with E-state index in [0.29, 0.717) is 12.1 Å². The van der Waals surface area contributed by atoms with Crippen LogP contribution in [0.1, 0.15) is 11.3 Å². The molecule has 150 valence electrons. The first-order valence-electron chi connectivity index (χ1n) is 8.08. The van der Waals surface area contributed by atoms with Crippen molar-refractivity contribution >= 4 is 35.2 Å². The average molecular weight is 424 g/mol. The maximum absolute atomic E-state index is 13.4. The molecule has 0 saturated carbocycles. The number of nitrogens with zero attached hydrogens (tertiary/aromatic N) is 1. The average Bonchev–Trinajstić information content (AvgIpc) is 3.10. The normalized spacial score (nSPS) is 16.3. The fourth-order valence-corrected chi connectivity index (χ4v) is 2.86. The second-order valence-electron chi connectivity index (χ2n) is 5.92. The van der Waals surface area contributed by atoms with Gasteiger partial charge in [-0.2, -0.15) is 13.2 Å². The summed E-state index contributed by atoms with van der Waals surface area (Å²) in [4.78, 5) is 25.7. The van der Waals surface area contributed by atoms with Gasteiger partial charge in [0.25, 0.3) is 11.8 Å². The van der Waals surface area contributed by atoms with Crippen LogP contribution in [0.2, 0.25) is 0 Å². The summed E-state index contributed by atoms with van der Waals surface area (Å²) in [6.07, 6.45) is -2.29. The van der Waals surface area contributed by atoms with E-state index in [9.17, 15) is 27.2 Å². The highest BCUT2D eigenvalue weighted by Crippen LogP contribution is 2.35. The van der Waals surface area contributed by atoms with Crippen molar-refractivity contribution in [2.45, 2.75) is 6.18 Å². The maximum Gasteiger partial charge on any atom is 0.419 e. The van der Waals surface area contributed by atoms with Gasteiger partial charge in [-0.25, -0.2) is 4.39 Å². The van der Waals surface area contributed by atoms with Crippen molar-refractivity contribution in [3.05, 3.63) is 65.7 Å². The fourth-order valence-electron chi connectivity index (χ4n) is 2.61. The van der Waals surface area contributed by atoms with Crippen LogP contribution in [0.3, 0.4) is 0 Å². The first kappa shape index (κ1) is 20.5. The second kappa shape index (κ2) is 7.63. The molecule has 0 atom stereocenters. The molecule has 2 heterocycles. The minimum absolute atomic E-state index is 0.00415. The van der Waals surface area contributed by atoms with E-state index in [1.54, 1.807) is 0 Å². The highest BCUT2D eigenvalue weighted by molar-refractivity contribution is 7.80. The van der Waals surface area contributed by atoms with E-state index >= 15 is 0 Å². The van der Waals surface area contributed by atoms with Gasteiger partial charge >= 0.3 is 6.18 Å². The van der Waals surface area contributed by atoms with Gasteiger partial charge in [-0.1, -0.05) is 6.08 Å². The molecule has 1 fully saturated rings. The van der Waals surface area contributed by atoms with Crippen LogP contribution in [0.15, 0.2) is 53.0 Å². The molecule has 1 aliphatic heterocycles. The molecule has 1 N–H and O–H groups in total. The Kier molecular flexibility index (Phi) is 5.38. The standard InChI is InChI=1S/C19H12F4N2O3S/c1-2-7-25-17(27)12(16(26)24-18(25)29)9-11-4-6-15(28-11)10-3-5-14(20)13(8-10)19(21,22)23/h2-6,8-9H,1,7H2,(H,24,26,29). The molecule has 2 aromatic rings. The lowest BCUT2D eigenvalue weighted by molar-refractivity contribution is -0.140. The number of amides is 2. The minimum Gasteiger partial charge on any atom is -0.457 e. The lowest BCUT2D eigenvalue weighted by Gasteiger charge is -2.27. The van der Waals surface area contributed by atoms with E-state index in [0.717, 1.165) is 17.0 Å². The Morgan fingerprint density at radius 2 is 1.93 bits per heavy atom. The van der Waals surface area contributed by atoms with Gasteiger partial charge in [-0.05, 0) is 48.6 Å². The second-order valence-corrected chi connectivity index (χ2v) is 6.30. The number of benzene rings is 1. The van der Waals surface area contributed by atoms with Gasteiger partial charge in [0.2, 0.25) is 0 Å². The predicted molar refractivity (Wildman–Crippen MR) is 99.7 cm³/mol. The van der Waals surface area contributed by atoms with Crippen molar-refractivity contribution in [2.24, 2.45) is 0 Å². The zero-order valence-electron chi connectivity index (χ0n) is 14.5. The molecule has 1 saturated heterocycles. The molecule has 2 amide bonds. The number of thiocarbonyl (C=S) groups is 1. The highest BCUT2D eigenvalue weighted by atomic mass is 32.1. The van der Waals surface area contributed by atoms with Crippen LogP contribution in [0.5, 0.6) is 0 Å². The molecule has 29 heavy (non-hydrogen) atoms. The topological polar surface area (TPSA) is 62.6 Å². The maximum atomic E-state index is 13.4. The van der Waals surface area contributed by atoms with Gasteiger partial charge in [0.1, 0.15) is 22.9 Å². The molecule has 0 spiro atoms. The van der Waals surface area contributed by atoms with E-state index < -0.39 is 29.4 Å². The summed E-state index contributed by atoms with van der Waals surface area (Å²) >= 11 is 4.94. The van der Waals surface area contributed by atoms with E-state index in [2.05, 4.69) is 11.9 Å². The van der Waals surface area contributed by atoms with Crippen molar-refractivity contribution in [1.82, 2.24) is 10.2 Å². The molecule has 0 aliphatic carbocycles.